The fourth-order valence-corrected chi connectivity index (χ4v) is 5.43. The maximum absolute atomic E-state index is 13.9. The first-order chi connectivity index (χ1) is 18.0. The zero-order valence-electron chi connectivity index (χ0n) is 20.7. The number of alkyl halides is 4. The highest BCUT2D eigenvalue weighted by atomic mass is 32.1. The molecule has 0 saturated heterocycles. The second-order valence-corrected chi connectivity index (χ2v) is 9.47. The molecule has 4 rings (SSSR count). The molecule has 1 N–H and O–H groups in total. The van der Waals surface area contributed by atoms with Gasteiger partial charge in [0.25, 0.3) is 0 Å². The van der Waals surface area contributed by atoms with Gasteiger partial charge in [-0.2, -0.15) is 17.6 Å². The van der Waals surface area contributed by atoms with Gasteiger partial charge in [-0.15, -0.1) is 11.3 Å². The molecular weight excluding hydrogens is 534 g/mol. The van der Waals surface area contributed by atoms with Crippen LogP contribution < -0.4 is 19.5 Å². The molecule has 3 heterocycles. The molecular formula is C24H25F4N3O6S. The van der Waals surface area contributed by atoms with Gasteiger partial charge in [-0.25, -0.2) is 4.79 Å². The average Bonchev–Trinajstić information content (AvgIpc) is 3.19. The summed E-state index contributed by atoms with van der Waals surface area (Å²) in [6.07, 6.45) is -8.40. The SMILES string of the molecule is CCOC(=O)N1CCc2c(sc(NC(=O)CCc3c(OC)ccc4c3OC(F)(F)C(F)(F)O4)c2C=NC)C1. The van der Waals surface area contributed by atoms with Crippen molar-refractivity contribution in [2.24, 2.45) is 4.99 Å². The average molecular weight is 560 g/mol. The Morgan fingerprint density at radius 2 is 1.97 bits per heavy atom. The lowest BCUT2D eigenvalue weighted by atomic mass is 10.0. The lowest BCUT2D eigenvalue weighted by molar-refractivity contribution is -0.391. The van der Waals surface area contributed by atoms with Crippen molar-refractivity contribution < 1.29 is 46.1 Å². The molecule has 206 valence electrons. The number of anilines is 1. The third kappa shape index (κ3) is 5.22. The summed E-state index contributed by atoms with van der Waals surface area (Å²) in [5.74, 6) is -1.59. The number of benzene rings is 1. The highest BCUT2D eigenvalue weighted by Gasteiger charge is 2.66. The van der Waals surface area contributed by atoms with Crippen molar-refractivity contribution in [2.45, 2.75) is 44.9 Å². The zero-order chi connectivity index (χ0) is 27.7. The molecule has 0 bridgehead atoms. The lowest BCUT2D eigenvalue weighted by Crippen LogP contribution is -2.52. The van der Waals surface area contributed by atoms with Crippen molar-refractivity contribution in [1.29, 1.82) is 0 Å². The number of hydrogen-bond acceptors (Lipinski definition) is 8. The van der Waals surface area contributed by atoms with Crippen LogP contribution in [0.3, 0.4) is 0 Å². The number of amides is 2. The van der Waals surface area contributed by atoms with Crippen LogP contribution in [-0.2, 0) is 28.9 Å². The molecule has 0 unspecified atom stereocenters. The topological polar surface area (TPSA) is 98.7 Å². The minimum absolute atomic E-state index is 0.0128. The first kappa shape index (κ1) is 27.5. The monoisotopic (exact) mass is 559 g/mol. The minimum Gasteiger partial charge on any atom is -0.496 e. The molecule has 0 atom stereocenters. The summed E-state index contributed by atoms with van der Waals surface area (Å²) in [6.45, 7) is 2.75. The molecule has 38 heavy (non-hydrogen) atoms. The van der Waals surface area contributed by atoms with E-state index >= 15 is 0 Å². The summed E-state index contributed by atoms with van der Waals surface area (Å²) in [5, 5.41) is 3.33. The highest BCUT2D eigenvalue weighted by Crippen LogP contribution is 2.50. The van der Waals surface area contributed by atoms with E-state index in [0.29, 0.717) is 24.5 Å². The third-order valence-electron chi connectivity index (χ3n) is 5.95. The van der Waals surface area contributed by atoms with Crippen molar-refractivity contribution in [3.05, 3.63) is 33.7 Å². The second kappa shape index (κ2) is 10.7. The molecule has 2 amide bonds. The first-order valence-electron chi connectivity index (χ1n) is 11.6. The Bertz CT molecular complexity index is 1270. The second-order valence-electron chi connectivity index (χ2n) is 8.36. The number of methoxy groups -OCH3 is 1. The van der Waals surface area contributed by atoms with Gasteiger partial charge in [0.2, 0.25) is 5.91 Å². The maximum Gasteiger partial charge on any atom is 0.507 e. The van der Waals surface area contributed by atoms with Crippen molar-refractivity contribution in [1.82, 2.24) is 4.90 Å². The quantitative estimate of drug-likeness (QED) is 0.385. The molecule has 0 radical (unpaired) electrons. The number of rotatable bonds is 7. The zero-order valence-corrected chi connectivity index (χ0v) is 21.6. The Morgan fingerprint density at radius 3 is 2.66 bits per heavy atom. The molecule has 1 aromatic carbocycles. The van der Waals surface area contributed by atoms with Crippen LogP contribution in [0.1, 0.15) is 34.9 Å². The summed E-state index contributed by atoms with van der Waals surface area (Å²) >= 11 is 1.30. The number of carbonyl (C=O) groups is 2. The fraction of sp³-hybridized carbons (Fsp3) is 0.458. The van der Waals surface area contributed by atoms with E-state index in [4.69, 9.17) is 9.47 Å². The summed E-state index contributed by atoms with van der Waals surface area (Å²) < 4.78 is 73.7. The maximum atomic E-state index is 13.9. The predicted octanol–water partition coefficient (Wildman–Crippen LogP) is 4.85. The van der Waals surface area contributed by atoms with Gasteiger partial charge in [0.15, 0.2) is 11.5 Å². The lowest BCUT2D eigenvalue weighted by Gasteiger charge is -2.33. The van der Waals surface area contributed by atoms with Crippen molar-refractivity contribution in [2.75, 3.05) is 32.6 Å². The van der Waals surface area contributed by atoms with Gasteiger partial charge in [0, 0.05) is 42.2 Å². The van der Waals surface area contributed by atoms with E-state index in [1.54, 1.807) is 25.1 Å². The molecule has 1 aromatic heterocycles. The van der Waals surface area contributed by atoms with E-state index < -0.39 is 35.7 Å². The van der Waals surface area contributed by atoms with E-state index in [2.05, 4.69) is 19.8 Å². The number of fused-ring (bicyclic) bond motifs is 2. The largest absolute Gasteiger partial charge is 0.507 e. The van der Waals surface area contributed by atoms with Crippen LogP contribution in [0.2, 0.25) is 0 Å². The fourth-order valence-electron chi connectivity index (χ4n) is 4.18. The Balaban J connectivity index is 1.52. The van der Waals surface area contributed by atoms with Gasteiger partial charge < -0.3 is 29.2 Å². The number of nitrogens with one attached hydrogen (secondary N) is 1. The van der Waals surface area contributed by atoms with Crippen LogP contribution in [0.25, 0.3) is 0 Å². The summed E-state index contributed by atoms with van der Waals surface area (Å²) in [7, 11) is 2.86. The van der Waals surface area contributed by atoms with Crippen molar-refractivity contribution in [3.8, 4) is 17.2 Å². The van der Waals surface area contributed by atoms with E-state index in [1.807, 2.05) is 0 Å². The number of aliphatic imine (C=N–C) groups is 1. The van der Waals surface area contributed by atoms with E-state index in [-0.39, 0.29) is 30.8 Å². The standard InChI is InChI=1S/C24H25F4N3O6S/c1-4-35-22(33)31-10-9-13-15(11-29-2)21(38-18(13)12-31)30-19(32)8-5-14-16(34-3)6-7-17-20(14)37-24(27,28)23(25,26)36-17/h6-7,11H,4-5,8-10,12H2,1-3H3,(H,30,32). The van der Waals surface area contributed by atoms with E-state index in [1.165, 1.54) is 24.5 Å². The Morgan fingerprint density at radius 1 is 1.24 bits per heavy atom. The first-order valence-corrected chi connectivity index (χ1v) is 12.4. The molecule has 0 saturated carbocycles. The Kier molecular flexibility index (Phi) is 7.72. The molecule has 2 aliphatic rings. The van der Waals surface area contributed by atoms with Crippen LogP contribution in [0.15, 0.2) is 17.1 Å². The third-order valence-corrected chi connectivity index (χ3v) is 7.09. The van der Waals surface area contributed by atoms with Crippen LogP contribution in [-0.4, -0.2) is 62.6 Å². The van der Waals surface area contributed by atoms with Gasteiger partial charge in [-0.1, -0.05) is 0 Å². The van der Waals surface area contributed by atoms with Crippen molar-refractivity contribution >= 4 is 34.6 Å². The van der Waals surface area contributed by atoms with Gasteiger partial charge in [-0.3, -0.25) is 9.79 Å². The number of nitrogens with zero attached hydrogens (tertiary/aromatic N) is 2. The summed E-state index contributed by atoms with van der Waals surface area (Å²) in [5.41, 5.74) is 1.67. The van der Waals surface area contributed by atoms with Crippen LogP contribution in [0, 0.1) is 0 Å². The molecule has 0 spiro atoms. The molecule has 2 aliphatic heterocycles. The predicted molar refractivity (Wildman–Crippen MR) is 130 cm³/mol. The molecule has 0 fully saturated rings. The van der Waals surface area contributed by atoms with Crippen LogP contribution in [0.5, 0.6) is 17.2 Å². The molecule has 2 aromatic rings. The van der Waals surface area contributed by atoms with Gasteiger partial charge in [-0.05, 0) is 37.5 Å². The minimum atomic E-state index is -4.91. The van der Waals surface area contributed by atoms with E-state index in [0.717, 1.165) is 22.1 Å². The van der Waals surface area contributed by atoms with Crippen molar-refractivity contribution in [3.63, 3.8) is 0 Å². The molecule has 14 heteroatoms. The van der Waals surface area contributed by atoms with Gasteiger partial charge in [0.05, 0.1) is 20.3 Å². The van der Waals surface area contributed by atoms with Gasteiger partial charge in [0.1, 0.15) is 10.8 Å². The van der Waals surface area contributed by atoms with Gasteiger partial charge >= 0.3 is 18.3 Å². The Hall–Kier alpha value is -3.55. The summed E-state index contributed by atoms with van der Waals surface area (Å²) in [6, 6.07) is 2.31. The molecule has 0 aliphatic carbocycles. The van der Waals surface area contributed by atoms with E-state index in [9.17, 15) is 27.2 Å². The smallest absolute Gasteiger partial charge is 0.496 e. The number of thiophene rings is 1. The number of hydrogen-bond donors (Lipinski definition) is 1. The number of ether oxygens (including phenoxy) is 4. The van der Waals surface area contributed by atoms with Crippen LogP contribution >= 0.6 is 11.3 Å². The Labute approximate surface area is 219 Å². The van der Waals surface area contributed by atoms with Crippen LogP contribution in [0.4, 0.5) is 27.4 Å². The number of halogens is 4. The summed E-state index contributed by atoms with van der Waals surface area (Å²) in [4.78, 5) is 31.6. The highest BCUT2D eigenvalue weighted by molar-refractivity contribution is 7.16. The normalized spacial score (nSPS) is 17.2. The molecule has 9 nitrogen and oxygen atoms in total. The number of carbonyl (C=O) groups excluding carboxylic acids is 2.